The zero-order valence-electron chi connectivity index (χ0n) is 17.7. The molecule has 3 saturated carbocycles. The minimum atomic E-state index is -4.55. The number of nitrogens with one attached hydrogen (secondary N) is 1. The lowest BCUT2D eigenvalue weighted by molar-refractivity contribution is -0.141. The molecule has 0 atom stereocenters. The summed E-state index contributed by atoms with van der Waals surface area (Å²) in [5.41, 5.74) is -0.941. The van der Waals surface area contributed by atoms with Gasteiger partial charge >= 0.3 is 6.18 Å². The lowest BCUT2D eigenvalue weighted by Gasteiger charge is -2.48. The van der Waals surface area contributed by atoms with E-state index in [4.69, 9.17) is 0 Å². The van der Waals surface area contributed by atoms with Crippen molar-refractivity contribution in [3.8, 4) is 0 Å². The standard InChI is InChI=1S/C22H29F3N2O3S/c1-14-18(6-7-19(27-14)22(23,24)25)20(28)26-13-21(8-15-2-3-15)9-17(10-21)12-31(29,30)11-16-4-5-16/h6-7,15-17H,2-5,8-13H2,1H3,(H,26,28). The number of sulfone groups is 1. The number of carbonyl (C=O) groups is 1. The number of amides is 1. The van der Waals surface area contributed by atoms with E-state index in [-0.39, 0.29) is 28.3 Å². The van der Waals surface area contributed by atoms with Crippen molar-refractivity contribution < 1.29 is 26.4 Å². The van der Waals surface area contributed by atoms with Crippen LogP contribution in [0.2, 0.25) is 0 Å². The van der Waals surface area contributed by atoms with Crippen LogP contribution in [-0.2, 0) is 16.0 Å². The normalized spacial score (nSPS) is 26.4. The van der Waals surface area contributed by atoms with Gasteiger partial charge in [0.15, 0.2) is 9.84 Å². The van der Waals surface area contributed by atoms with Crippen molar-refractivity contribution in [3.05, 3.63) is 29.1 Å². The largest absolute Gasteiger partial charge is 0.433 e. The Morgan fingerprint density at radius 2 is 1.71 bits per heavy atom. The molecule has 1 amide bonds. The fourth-order valence-corrected chi connectivity index (χ4v) is 7.13. The molecule has 172 valence electrons. The zero-order valence-corrected chi connectivity index (χ0v) is 18.5. The number of hydrogen-bond acceptors (Lipinski definition) is 4. The first-order valence-corrected chi connectivity index (χ1v) is 12.8. The average molecular weight is 459 g/mol. The van der Waals surface area contributed by atoms with Gasteiger partial charge < -0.3 is 5.32 Å². The Kier molecular flexibility index (Phi) is 5.85. The van der Waals surface area contributed by atoms with E-state index in [9.17, 15) is 26.4 Å². The number of nitrogens with zero attached hydrogens (tertiary/aromatic N) is 1. The second kappa shape index (κ2) is 8.05. The van der Waals surface area contributed by atoms with Gasteiger partial charge in [0.2, 0.25) is 0 Å². The van der Waals surface area contributed by atoms with Crippen LogP contribution >= 0.6 is 0 Å². The van der Waals surface area contributed by atoms with Crippen molar-refractivity contribution in [2.24, 2.45) is 23.2 Å². The highest BCUT2D eigenvalue weighted by molar-refractivity contribution is 7.91. The summed E-state index contributed by atoms with van der Waals surface area (Å²) in [4.78, 5) is 16.2. The summed E-state index contributed by atoms with van der Waals surface area (Å²) in [6.07, 6.45) is 2.34. The van der Waals surface area contributed by atoms with Crippen LogP contribution < -0.4 is 5.32 Å². The predicted molar refractivity (Wildman–Crippen MR) is 110 cm³/mol. The van der Waals surface area contributed by atoms with Crippen molar-refractivity contribution in [1.82, 2.24) is 10.3 Å². The summed E-state index contributed by atoms with van der Waals surface area (Å²) in [5, 5.41) is 2.89. The van der Waals surface area contributed by atoms with Gasteiger partial charge in [-0.15, -0.1) is 0 Å². The molecule has 5 nitrogen and oxygen atoms in total. The second-order valence-electron chi connectivity index (χ2n) is 9.95. The number of carbonyl (C=O) groups excluding carboxylic acids is 1. The summed E-state index contributed by atoms with van der Waals surface area (Å²) in [7, 11) is -3.03. The van der Waals surface area contributed by atoms with Gasteiger partial charge in [0.05, 0.1) is 22.8 Å². The number of aryl methyl sites for hydroxylation is 1. The van der Waals surface area contributed by atoms with Crippen LogP contribution in [0.4, 0.5) is 13.2 Å². The first kappa shape index (κ1) is 22.6. The van der Waals surface area contributed by atoms with Gasteiger partial charge in [0.1, 0.15) is 5.69 Å². The van der Waals surface area contributed by atoms with Crippen molar-refractivity contribution >= 4 is 15.7 Å². The molecule has 0 aliphatic heterocycles. The van der Waals surface area contributed by atoms with Crippen LogP contribution in [0, 0.1) is 30.1 Å². The predicted octanol–water partition coefficient (Wildman–Crippen LogP) is 4.16. The van der Waals surface area contributed by atoms with E-state index in [0.29, 0.717) is 24.1 Å². The van der Waals surface area contributed by atoms with Crippen LogP contribution in [0.1, 0.15) is 66.7 Å². The molecule has 0 radical (unpaired) electrons. The Morgan fingerprint density at radius 3 is 2.26 bits per heavy atom. The van der Waals surface area contributed by atoms with Gasteiger partial charge in [-0.05, 0) is 74.3 Å². The SMILES string of the molecule is Cc1nc(C(F)(F)F)ccc1C(=O)NCC1(CC2CC2)CC(CS(=O)(=O)CC2CC2)C1. The zero-order chi connectivity index (χ0) is 22.4. The van der Waals surface area contributed by atoms with Crippen LogP contribution in [-0.4, -0.2) is 37.4 Å². The molecule has 3 aliphatic carbocycles. The number of hydrogen-bond donors (Lipinski definition) is 1. The molecule has 1 heterocycles. The molecule has 3 fully saturated rings. The fourth-order valence-electron chi connectivity index (χ4n) is 4.99. The summed E-state index contributed by atoms with van der Waals surface area (Å²) < 4.78 is 63.1. The quantitative estimate of drug-likeness (QED) is 0.603. The summed E-state index contributed by atoms with van der Waals surface area (Å²) >= 11 is 0. The van der Waals surface area contributed by atoms with E-state index in [1.165, 1.54) is 25.8 Å². The second-order valence-corrected chi connectivity index (χ2v) is 12.1. The Labute approximate surface area is 181 Å². The summed E-state index contributed by atoms with van der Waals surface area (Å²) in [5.74, 6) is 1.21. The first-order chi connectivity index (χ1) is 14.4. The molecule has 31 heavy (non-hydrogen) atoms. The number of aromatic nitrogens is 1. The highest BCUT2D eigenvalue weighted by Crippen LogP contribution is 2.54. The van der Waals surface area contributed by atoms with Gasteiger partial charge in [-0.3, -0.25) is 4.79 Å². The number of halogens is 3. The molecule has 1 aromatic heterocycles. The lowest BCUT2D eigenvalue weighted by atomic mass is 9.60. The molecule has 0 aromatic carbocycles. The molecule has 1 N–H and O–H groups in total. The molecule has 4 rings (SSSR count). The Morgan fingerprint density at radius 1 is 1.10 bits per heavy atom. The molecule has 0 spiro atoms. The topological polar surface area (TPSA) is 76.1 Å². The van der Waals surface area contributed by atoms with Crippen LogP contribution in [0.5, 0.6) is 0 Å². The highest BCUT2D eigenvalue weighted by Gasteiger charge is 2.48. The maximum atomic E-state index is 12.8. The van der Waals surface area contributed by atoms with Gasteiger partial charge in [-0.2, -0.15) is 13.2 Å². The number of pyridine rings is 1. The van der Waals surface area contributed by atoms with Gasteiger partial charge in [0, 0.05) is 6.54 Å². The van der Waals surface area contributed by atoms with E-state index in [0.717, 1.165) is 38.2 Å². The minimum absolute atomic E-state index is 0.0428. The van der Waals surface area contributed by atoms with Crippen molar-refractivity contribution in [2.75, 3.05) is 18.1 Å². The molecular weight excluding hydrogens is 429 g/mol. The van der Waals surface area contributed by atoms with E-state index in [1.54, 1.807) is 0 Å². The minimum Gasteiger partial charge on any atom is -0.351 e. The van der Waals surface area contributed by atoms with E-state index >= 15 is 0 Å². The Hall–Kier alpha value is -1.64. The third-order valence-electron chi connectivity index (χ3n) is 6.78. The van der Waals surface area contributed by atoms with Crippen LogP contribution in [0.15, 0.2) is 12.1 Å². The van der Waals surface area contributed by atoms with E-state index in [2.05, 4.69) is 10.3 Å². The molecule has 0 saturated heterocycles. The van der Waals surface area contributed by atoms with Crippen molar-refractivity contribution in [3.63, 3.8) is 0 Å². The maximum Gasteiger partial charge on any atom is 0.433 e. The Balaban J connectivity index is 1.35. The molecular formula is C22H29F3N2O3S. The monoisotopic (exact) mass is 458 g/mol. The maximum absolute atomic E-state index is 12.8. The summed E-state index contributed by atoms with van der Waals surface area (Å²) in [6.45, 7) is 1.82. The van der Waals surface area contributed by atoms with E-state index in [1.807, 2.05) is 0 Å². The molecule has 3 aliphatic rings. The van der Waals surface area contributed by atoms with Crippen LogP contribution in [0.3, 0.4) is 0 Å². The highest BCUT2D eigenvalue weighted by atomic mass is 32.2. The third kappa shape index (κ3) is 5.79. The van der Waals surface area contributed by atoms with Gasteiger partial charge in [0.25, 0.3) is 5.91 Å². The van der Waals surface area contributed by atoms with Gasteiger partial charge in [-0.25, -0.2) is 13.4 Å². The van der Waals surface area contributed by atoms with Crippen molar-refractivity contribution in [2.45, 2.75) is 58.0 Å². The number of rotatable bonds is 9. The Bertz CT molecular complexity index is 947. The molecule has 9 heteroatoms. The molecule has 0 bridgehead atoms. The smallest absolute Gasteiger partial charge is 0.351 e. The third-order valence-corrected chi connectivity index (χ3v) is 8.74. The average Bonchev–Trinajstić information content (AvgIpc) is 3.54. The lowest BCUT2D eigenvalue weighted by Crippen LogP contribution is -2.48. The van der Waals surface area contributed by atoms with Crippen LogP contribution in [0.25, 0.3) is 0 Å². The number of alkyl halides is 3. The first-order valence-electron chi connectivity index (χ1n) is 11.0. The van der Waals surface area contributed by atoms with Crippen molar-refractivity contribution in [1.29, 1.82) is 0 Å². The molecule has 1 aromatic rings. The summed E-state index contributed by atoms with van der Waals surface area (Å²) in [6, 6.07) is 1.99. The fraction of sp³-hybridized carbons (Fsp3) is 0.727. The van der Waals surface area contributed by atoms with Gasteiger partial charge in [-0.1, -0.05) is 12.8 Å². The molecule has 0 unspecified atom stereocenters. The van der Waals surface area contributed by atoms with E-state index < -0.39 is 27.6 Å².